The zero-order chi connectivity index (χ0) is 17.8. The number of rotatable bonds is 3. The number of likely N-dealkylation sites (tertiary alicyclic amines) is 1. The topological polar surface area (TPSA) is 101 Å². The average molecular weight is 344 g/mol. The zero-order valence-corrected chi connectivity index (χ0v) is 14.2. The van der Waals surface area contributed by atoms with E-state index in [1.54, 1.807) is 35.9 Å². The highest BCUT2D eigenvalue weighted by atomic mass is 16.4. The first-order valence-electron chi connectivity index (χ1n) is 8.40. The maximum atomic E-state index is 12.9. The molecule has 0 aromatic carbocycles. The monoisotopic (exact) mass is 344 g/mol. The number of fused-ring (bicyclic) bond motifs is 1. The molecule has 2 fully saturated rings. The molecule has 1 N–H and O–H groups in total. The average Bonchev–Trinajstić information content (AvgIpc) is 3.28. The number of carboxylic acids is 1. The zero-order valence-electron chi connectivity index (χ0n) is 14.2. The van der Waals surface area contributed by atoms with Gasteiger partial charge in [0.25, 0.3) is 5.91 Å². The highest BCUT2D eigenvalue weighted by Gasteiger charge is 2.56. The van der Waals surface area contributed by atoms with Crippen LogP contribution in [0.5, 0.6) is 0 Å². The van der Waals surface area contributed by atoms with Crippen molar-refractivity contribution in [3.63, 3.8) is 0 Å². The van der Waals surface area contributed by atoms with Crippen LogP contribution in [0.25, 0.3) is 11.5 Å². The van der Waals surface area contributed by atoms with Gasteiger partial charge in [0, 0.05) is 26.3 Å². The summed E-state index contributed by atoms with van der Waals surface area (Å²) in [6, 6.07) is 0. The molecule has 1 aliphatic heterocycles. The fourth-order valence-corrected chi connectivity index (χ4v) is 4.19. The largest absolute Gasteiger partial charge is 0.481 e. The molecule has 2 atom stereocenters. The predicted molar refractivity (Wildman–Crippen MR) is 86.8 cm³/mol. The number of carbonyl (C=O) groups is 2. The van der Waals surface area contributed by atoms with E-state index in [-0.39, 0.29) is 24.1 Å². The van der Waals surface area contributed by atoms with Gasteiger partial charge in [0.1, 0.15) is 5.76 Å². The van der Waals surface area contributed by atoms with Crippen LogP contribution in [0.2, 0.25) is 0 Å². The lowest BCUT2D eigenvalue weighted by atomic mass is 9.81. The molecule has 25 heavy (non-hydrogen) atoms. The van der Waals surface area contributed by atoms with Gasteiger partial charge >= 0.3 is 5.97 Å². The van der Waals surface area contributed by atoms with Crippen molar-refractivity contribution < 1.29 is 19.1 Å². The second-order valence-electron chi connectivity index (χ2n) is 7.06. The van der Waals surface area contributed by atoms with Crippen LogP contribution in [-0.4, -0.2) is 49.7 Å². The van der Waals surface area contributed by atoms with Crippen molar-refractivity contribution in [2.24, 2.45) is 18.4 Å². The first kappa shape index (κ1) is 15.9. The molecular weight excluding hydrogens is 324 g/mol. The van der Waals surface area contributed by atoms with E-state index in [2.05, 4.69) is 10.1 Å². The Bertz CT molecular complexity index is 855. The molecule has 8 heteroatoms. The summed E-state index contributed by atoms with van der Waals surface area (Å²) in [5, 5.41) is 13.7. The lowest BCUT2D eigenvalue weighted by Crippen LogP contribution is -2.37. The van der Waals surface area contributed by atoms with Gasteiger partial charge in [-0.05, 0) is 25.7 Å². The van der Waals surface area contributed by atoms with Crippen molar-refractivity contribution in [2.45, 2.75) is 26.2 Å². The SMILES string of the molecule is Cc1oc(-c2cnn(C)c2)nc1C(=O)N1C[C@@H]2CCC[C@@]2(C(=O)O)C1. The summed E-state index contributed by atoms with van der Waals surface area (Å²) >= 11 is 0. The van der Waals surface area contributed by atoms with Gasteiger partial charge in [-0.25, -0.2) is 4.98 Å². The fourth-order valence-electron chi connectivity index (χ4n) is 4.19. The molecule has 1 amide bonds. The van der Waals surface area contributed by atoms with E-state index in [1.165, 1.54) is 0 Å². The van der Waals surface area contributed by atoms with Crippen molar-refractivity contribution in [3.05, 3.63) is 23.8 Å². The molecule has 1 saturated heterocycles. The predicted octanol–water partition coefficient (Wildman–Crippen LogP) is 1.71. The van der Waals surface area contributed by atoms with E-state index in [1.807, 2.05) is 0 Å². The Morgan fingerprint density at radius 1 is 1.44 bits per heavy atom. The number of oxazole rings is 1. The van der Waals surface area contributed by atoms with Gasteiger partial charge in [0.05, 0.1) is 17.2 Å². The summed E-state index contributed by atoms with van der Waals surface area (Å²) in [5.41, 5.74) is 0.156. The number of aliphatic carboxylic acids is 1. The van der Waals surface area contributed by atoms with Crippen LogP contribution in [0.3, 0.4) is 0 Å². The molecule has 8 nitrogen and oxygen atoms in total. The molecule has 0 unspecified atom stereocenters. The molecule has 2 aliphatic rings. The van der Waals surface area contributed by atoms with Crippen LogP contribution in [-0.2, 0) is 11.8 Å². The van der Waals surface area contributed by atoms with Crippen molar-refractivity contribution in [3.8, 4) is 11.5 Å². The van der Waals surface area contributed by atoms with E-state index in [9.17, 15) is 14.7 Å². The molecule has 2 aromatic heterocycles. The molecular formula is C17H20N4O4. The Hall–Kier alpha value is -2.64. The minimum atomic E-state index is -0.793. The van der Waals surface area contributed by atoms with Crippen molar-refractivity contribution in [1.29, 1.82) is 0 Å². The Morgan fingerprint density at radius 2 is 2.24 bits per heavy atom. The van der Waals surface area contributed by atoms with Crippen LogP contribution < -0.4 is 0 Å². The second-order valence-corrected chi connectivity index (χ2v) is 7.06. The Kier molecular flexibility index (Phi) is 3.45. The number of aryl methyl sites for hydroxylation is 2. The third-order valence-corrected chi connectivity index (χ3v) is 5.53. The third-order valence-electron chi connectivity index (χ3n) is 5.53. The number of amides is 1. The summed E-state index contributed by atoms with van der Waals surface area (Å²) in [6.45, 7) is 2.42. The van der Waals surface area contributed by atoms with Crippen LogP contribution in [0.4, 0.5) is 0 Å². The summed E-state index contributed by atoms with van der Waals surface area (Å²) in [4.78, 5) is 30.7. The molecule has 132 valence electrons. The quantitative estimate of drug-likeness (QED) is 0.909. The minimum absolute atomic E-state index is 0.0268. The van der Waals surface area contributed by atoms with E-state index in [4.69, 9.17) is 4.42 Å². The van der Waals surface area contributed by atoms with E-state index < -0.39 is 11.4 Å². The molecule has 3 heterocycles. The molecule has 2 aromatic rings. The molecule has 4 rings (SSSR count). The van der Waals surface area contributed by atoms with Crippen LogP contribution in [0.15, 0.2) is 16.8 Å². The van der Waals surface area contributed by atoms with Gasteiger partial charge in [-0.1, -0.05) is 6.42 Å². The molecule has 1 aliphatic carbocycles. The highest BCUT2D eigenvalue weighted by molar-refractivity contribution is 5.94. The van der Waals surface area contributed by atoms with Gasteiger partial charge in [-0.2, -0.15) is 5.10 Å². The van der Waals surface area contributed by atoms with Crippen molar-refractivity contribution >= 4 is 11.9 Å². The van der Waals surface area contributed by atoms with Crippen LogP contribution in [0, 0.1) is 18.3 Å². The van der Waals surface area contributed by atoms with E-state index in [0.29, 0.717) is 30.2 Å². The molecule has 0 bridgehead atoms. The Labute approximate surface area is 144 Å². The van der Waals surface area contributed by atoms with Gasteiger partial charge in [0.15, 0.2) is 5.69 Å². The third kappa shape index (κ3) is 2.35. The number of hydrogen-bond acceptors (Lipinski definition) is 5. The van der Waals surface area contributed by atoms with Gasteiger partial charge in [-0.3, -0.25) is 14.3 Å². The van der Waals surface area contributed by atoms with Gasteiger partial charge in [0.2, 0.25) is 5.89 Å². The second kappa shape index (κ2) is 5.44. The maximum absolute atomic E-state index is 12.9. The first-order chi connectivity index (χ1) is 11.9. The van der Waals surface area contributed by atoms with Crippen molar-refractivity contribution in [1.82, 2.24) is 19.7 Å². The normalized spacial score (nSPS) is 25.4. The summed E-state index contributed by atoms with van der Waals surface area (Å²) in [5.74, 6) is -0.241. The van der Waals surface area contributed by atoms with E-state index >= 15 is 0 Å². The summed E-state index contributed by atoms with van der Waals surface area (Å²) < 4.78 is 7.27. The van der Waals surface area contributed by atoms with Crippen LogP contribution in [0.1, 0.15) is 35.5 Å². The lowest BCUT2D eigenvalue weighted by molar-refractivity contribution is -0.149. The number of hydrogen-bond donors (Lipinski definition) is 1. The van der Waals surface area contributed by atoms with Crippen molar-refractivity contribution in [2.75, 3.05) is 13.1 Å². The molecule has 1 saturated carbocycles. The Morgan fingerprint density at radius 3 is 2.88 bits per heavy atom. The summed E-state index contributed by atoms with van der Waals surface area (Å²) in [6.07, 6.45) is 5.79. The molecule has 0 radical (unpaired) electrons. The fraction of sp³-hybridized carbons (Fsp3) is 0.529. The highest BCUT2D eigenvalue weighted by Crippen LogP contribution is 2.49. The maximum Gasteiger partial charge on any atom is 0.311 e. The lowest BCUT2D eigenvalue weighted by Gasteiger charge is -2.23. The van der Waals surface area contributed by atoms with Gasteiger partial charge in [-0.15, -0.1) is 0 Å². The molecule has 0 spiro atoms. The van der Waals surface area contributed by atoms with Gasteiger partial charge < -0.3 is 14.4 Å². The number of carboxylic acid groups (broad SMARTS) is 1. The van der Waals surface area contributed by atoms with E-state index in [0.717, 1.165) is 12.8 Å². The number of carbonyl (C=O) groups excluding carboxylic acids is 1. The van der Waals surface area contributed by atoms with Crippen LogP contribution >= 0.6 is 0 Å². The first-order valence-corrected chi connectivity index (χ1v) is 8.40. The minimum Gasteiger partial charge on any atom is -0.481 e. The number of aromatic nitrogens is 3. The smallest absolute Gasteiger partial charge is 0.311 e. The summed E-state index contributed by atoms with van der Waals surface area (Å²) in [7, 11) is 1.79. The number of nitrogens with zero attached hydrogens (tertiary/aromatic N) is 4. The standard InChI is InChI=1S/C17H20N4O4/c1-10-13(19-14(25-10)11-6-18-20(2)7-11)15(22)21-8-12-4-3-5-17(12,9-21)16(23)24/h6-7,12H,3-5,8-9H2,1-2H3,(H,23,24)/t12-,17+/m0/s1. The Balaban J connectivity index is 1.60.